The second-order valence-electron chi connectivity index (χ2n) is 9.04. The molecule has 0 spiro atoms. The van der Waals surface area contributed by atoms with Crippen LogP contribution in [0.2, 0.25) is 0 Å². The van der Waals surface area contributed by atoms with E-state index in [2.05, 4.69) is 55.5 Å². The lowest BCUT2D eigenvalue weighted by Gasteiger charge is -2.44. The van der Waals surface area contributed by atoms with E-state index in [4.69, 9.17) is 5.11 Å². The number of nitrogens with zero attached hydrogens (tertiary/aromatic N) is 1. The molecule has 4 nitrogen and oxygen atoms in total. The van der Waals surface area contributed by atoms with E-state index >= 15 is 0 Å². The SMILES string of the molecule is CCC1(N(C)C)CCC(Cc2cccc(C[C@@H]3CN[C@H](C(=O)O)C3)c2)CC1. The summed E-state index contributed by atoms with van der Waals surface area (Å²) in [6, 6.07) is 8.65. The number of benzene rings is 1. The quantitative estimate of drug-likeness (QED) is 0.766. The molecule has 27 heavy (non-hydrogen) atoms. The third kappa shape index (κ3) is 4.91. The molecule has 1 aromatic rings. The van der Waals surface area contributed by atoms with Crippen LogP contribution in [0.5, 0.6) is 0 Å². The van der Waals surface area contributed by atoms with Crippen molar-refractivity contribution in [1.82, 2.24) is 10.2 Å². The number of aliphatic carboxylic acids is 1. The van der Waals surface area contributed by atoms with Crippen molar-refractivity contribution in [3.8, 4) is 0 Å². The molecule has 0 amide bonds. The first-order valence-corrected chi connectivity index (χ1v) is 10.6. The number of hydrogen-bond acceptors (Lipinski definition) is 3. The number of carboxylic acid groups (broad SMARTS) is 1. The number of rotatable bonds is 7. The highest BCUT2D eigenvalue weighted by Gasteiger charge is 2.35. The van der Waals surface area contributed by atoms with E-state index in [0.29, 0.717) is 11.5 Å². The van der Waals surface area contributed by atoms with Gasteiger partial charge in [-0.3, -0.25) is 4.79 Å². The van der Waals surface area contributed by atoms with Crippen molar-refractivity contribution in [3.05, 3.63) is 35.4 Å². The van der Waals surface area contributed by atoms with Crippen LogP contribution >= 0.6 is 0 Å². The van der Waals surface area contributed by atoms with Gasteiger partial charge in [-0.25, -0.2) is 0 Å². The Balaban J connectivity index is 1.54. The fourth-order valence-corrected chi connectivity index (χ4v) is 5.24. The Labute approximate surface area is 164 Å². The lowest BCUT2D eigenvalue weighted by molar-refractivity contribution is -0.139. The van der Waals surface area contributed by atoms with Gasteiger partial charge in [0.25, 0.3) is 0 Å². The van der Waals surface area contributed by atoms with Crippen LogP contribution < -0.4 is 5.32 Å². The minimum Gasteiger partial charge on any atom is -0.480 e. The molecule has 0 radical (unpaired) electrons. The molecular weight excluding hydrogens is 336 g/mol. The third-order valence-corrected chi connectivity index (χ3v) is 7.20. The summed E-state index contributed by atoms with van der Waals surface area (Å²) in [5.41, 5.74) is 3.22. The van der Waals surface area contributed by atoms with Crippen LogP contribution in [0.1, 0.15) is 56.6 Å². The van der Waals surface area contributed by atoms with E-state index < -0.39 is 5.97 Å². The number of carbonyl (C=O) groups is 1. The zero-order valence-electron chi connectivity index (χ0n) is 17.2. The van der Waals surface area contributed by atoms with Crippen LogP contribution in [0, 0.1) is 11.8 Å². The molecule has 3 rings (SSSR count). The number of nitrogens with one attached hydrogen (secondary N) is 1. The molecular formula is C23H36N2O2. The maximum absolute atomic E-state index is 11.1. The Kier molecular flexibility index (Phi) is 6.59. The number of hydrogen-bond donors (Lipinski definition) is 2. The molecule has 2 N–H and O–H groups in total. The number of carboxylic acids is 1. The van der Waals surface area contributed by atoms with Gasteiger partial charge >= 0.3 is 5.97 Å². The van der Waals surface area contributed by atoms with Gasteiger partial charge in [0.1, 0.15) is 6.04 Å². The van der Waals surface area contributed by atoms with Crippen molar-refractivity contribution < 1.29 is 9.90 Å². The lowest BCUT2D eigenvalue weighted by Crippen LogP contribution is -2.46. The monoisotopic (exact) mass is 372 g/mol. The minimum atomic E-state index is -0.718. The van der Waals surface area contributed by atoms with Crippen LogP contribution in [0.15, 0.2) is 24.3 Å². The van der Waals surface area contributed by atoms with Crippen molar-refractivity contribution in [2.45, 2.75) is 69.9 Å². The third-order valence-electron chi connectivity index (χ3n) is 7.20. The lowest BCUT2D eigenvalue weighted by atomic mass is 9.72. The predicted molar refractivity (Wildman–Crippen MR) is 110 cm³/mol. The summed E-state index contributed by atoms with van der Waals surface area (Å²) in [7, 11) is 4.47. The zero-order valence-corrected chi connectivity index (χ0v) is 17.2. The molecule has 0 bridgehead atoms. The fraction of sp³-hybridized carbons (Fsp3) is 0.696. The second kappa shape index (κ2) is 8.74. The molecule has 1 saturated carbocycles. The molecule has 1 aromatic carbocycles. The highest BCUT2D eigenvalue weighted by molar-refractivity contribution is 5.73. The molecule has 2 aliphatic rings. The topological polar surface area (TPSA) is 52.6 Å². The smallest absolute Gasteiger partial charge is 0.320 e. The van der Waals surface area contributed by atoms with Gasteiger partial charge < -0.3 is 15.3 Å². The molecule has 2 atom stereocenters. The molecule has 2 fully saturated rings. The summed E-state index contributed by atoms with van der Waals surface area (Å²) < 4.78 is 0. The van der Waals surface area contributed by atoms with Crippen molar-refractivity contribution in [3.63, 3.8) is 0 Å². The molecule has 1 aliphatic heterocycles. The van der Waals surface area contributed by atoms with Crippen LogP contribution in [0.4, 0.5) is 0 Å². The molecule has 1 heterocycles. The Bertz CT molecular complexity index is 635. The summed E-state index contributed by atoms with van der Waals surface area (Å²) in [5, 5.41) is 12.3. The van der Waals surface area contributed by atoms with E-state index in [9.17, 15) is 4.79 Å². The maximum Gasteiger partial charge on any atom is 0.320 e. The average molecular weight is 373 g/mol. The standard InChI is InChI=1S/C23H36N2O2/c1-4-23(25(2)3)10-8-17(9-11-23)12-18-6-5-7-19(13-18)14-20-15-21(22(26)27)24-16-20/h5-7,13,17,20-21,24H,4,8-12,14-16H2,1-3H3,(H,26,27)/t17?,20-,21-,23?/m0/s1. The average Bonchev–Trinajstić information content (AvgIpc) is 3.11. The van der Waals surface area contributed by atoms with E-state index in [1.165, 1.54) is 49.7 Å². The highest BCUT2D eigenvalue weighted by atomic mass is 16.4. The molecule has 1 saturated heterocycles. The van der Waals surface area contributed by atoms with E-state index in [-0.39, 0.29) is 6.04 Å². The normalized spacial score (nSPS) is 31.3. The van der Waals surface area contributed by atoms with Crippen molar-refractivity contribution >= 4 is 5.97 Å². The second-order valence-corrected chi connectivity index (χ2v) is 9.04. The maximum atomic E-state index is 11.1. The summed E-state index contributed by atoms with van der Waals surface area (Å²) in [6.45, 7) is 3.14. The zero-order chi connectivity index (χ0) is 19.4. The van der Waals surface area contributed by atoms with Gasteiger partial charge in [-0.15, -0.1) is 0 Å². The molecule has 0 aromatic heterocycles. The summed E-state index contributed by atoms with van der Waals surface area (Å²) in [4.78, 5) is 13.6. The summed E-state index contributed by atoms with van der Waals surface area (Å²) in [5.74, 6) is 0.509. The van der Waals surface area contributed by atoms with Gasteiger partial charge in [-0.1, -0.05) is 31.2 Å². The van der Waals surface area contributed by atoms with Crippen molar-refractivity contribution in [2.75, 3.05) is 20.6 Å². The van der Waals surface area contributed by atoms with E-state index in [1.54, 1.807) is 0 Å². The van der Waals surface area contributed by atoms with Crippen LogP contribution in [0.25, 0.3) is 0 Å². The predicted octanol–water partition coefficient (Wildman–Crippen LogP) is 3.73. The van der Waals surface area contributed by atoms with Crippen LogP contribution in [0.3, 0.4) is 0 Å². The van der Waals surface area contributed by atoms with Gasteiger partial charge in [0.2, 0.25) is 0 Å². The van der Waals surface area contributed by atoms with Gasteiger partial charge in [0.15, 0.2) is 0 Å². The minimum absolute atomic E-state index is 0.365. The Morgan fingerprint density at radius 3 is 2.33 bits per heavy atom. The molecule has 0 unspecified atom stereocenters. The first-order chi connectivity index (χ1) is 12.9. The summed E-state index contributed by atoms with van der Waals surface area (Å²) in [6.07, 6.45) is 9.42. The van der Waals surface area contributed by atoms with Crippen molar-refractivity contribution in [2.24, 2.45) is 11.8 Å². The van der Waals surface area contributed by atoms with Gasteiger partial charge in [-0.2, -0.15) is 0 Å². The summed E-state index contributed by atoms with van der Waals surface area (Å²) >= 11 is 0. The van der Waals surface area contributed by atoms with Crippen LogP contribution in [-0.4, -0.2) is 48.2 Å². The Hall–Kier alpha value is -1.39. The molecule has 1 aliphatic carbocycles. The first kappa shape index (κ1) is 20.3. The van der Waals surface area contributed by atoms with E-state index in [1.807, 2.05) is 0 Å². The first-order valence-electron chi connectivity index (χ1n) is 10.6. The van der Waals surface area contributed by atoms with Gasteiger partial charge in [-0.05, 0) is 95.0 Å². The molecule has 4 heteroatoms. The van der Waals surface area contributed by atoms with Crippen LogP contribution in [-0.2, 0) is 17.6 Å². The van der Waals surface area contributed by atoms with Crippen molar-refractivity contribution in [1.29, 1.82) is 0 Å². The van der Waals surface area contributed by atoms with E-state index in [0.717, 1.165) is 25.3 Å². The molecule has 150 valence electrons. The van der Waals surface area contributed by atoms with Gasteiger partial charge in [0, 0.05) is 5.54 Å². The fourth-order valence-electron chi connectivity index (χ4n) is 5.24. The highest BCUT2D eigenvalue weighted by Crippen LogP contribution is 2.39. The largest absolute Gasteiger partial charge is 0.480 e. The Morgan fingerprint density at radius 1 is 1.19 bits per heavy atom. The van der Waals surface area contributed by atoms with Gasteiger partial charge in [0.05, 0.1) is 0 Å². The Morgan fingerprint density at radius 2 is 1.81 bits per heavy atom.